The van der Waals surface area contributed by atoms with Gasteiger partial charge in [0.05, 0.1) is 11.3 Å². The Balaban J connectivity index is 1.74. The van der Waals surface area contributed by atoms with Gasteiger partial charge in [-0.05, 0) is 23.8 Å². The molecule has 1 aliphatic heterocycles. The summed E-state index contributed by atoms with van der Waals surface area (Å²) in [7, 11) is 1.78. The van der Waals surface area contributed by atoms with Gasteiger partial charge in [0.25, 0.3) is 5.91 Å². The van der Waals surface area contributed by atoms with Crippen LogP contribution in [0.4, 0.5) is 5.69 Å². The van der Waals surface area contributed by atoms with E-state index < -0.39 is 0 Å². The number of amides is 1. The molecule has 3 aromatic carbocycles. The van der Waals surface area contributed by atoms with Gasteiger partial charge in [0.1, 0.15) is 0 Å². The molecule has 0 aromatic heterocycles. The predicted octanol–water partition coefficient (Wildman–Crippen LogP) is 4.36. The smallest absolute Gasteiger partial charge is 0.261 e. The van der Waals surface area contributed by atoms with Crippen molar-refractivity contribution in [3.8, 4) is 22.6 Å². The Morgan fingerprint density at radius 2 is 1.64 bits per heavy atom. The maximum Gasteiger partial charge on any atom is 0.261 e. The number of hydrogen-bond acceptors (Lipinski definition) is 3. The van der Waals surface area contributed by atoms with E-state index in [0.717, 1.165) is 16.8 Å². The number of hydrogen-bond donors (Lipinski definition) is 0. The van der Waals surface area contributed by atoms with Crippen molar-refractivity contribution in [2.75, 3.05) is 18.7 Å². The van der Waals surface area contributed by atoms with Crippen LogP contribution in [-0.4, -0.2) is 19.7 Å². The largest absolute Gasteiger partial charge is 0.454 e. The van der Waals surface area contributed by atoms with Crippen LogP contribution in [0.3, 0.4) is 0 Å². The molecule has 1 amide bonds. The molecule has 0 saturated carbocycles. The Morgan fingerprint density at radius 3 is 2.48 bits per heavy atom. The van der Waals surface area contributed by atoms with Gasteiger partial charge in [-0.1, -0.05) is 54.6 Å². The Hall–Kier alpha value is -3.27. The van der Waals surface area contributed by atoms with Gasteiger partial charge in [-0.15, -0.1) is 0 Å². The standard InChI is InChI=1S/C21H17NO3/c1-22(21(23)17-11-7-13-19-20(17)25-14-24-19)18-12-6-5-10-16(18)15-8-3-2-4-9-15/h2-13H,14H2,1H3. The third-order valence-electron chi connectivity index (χ3n) is 4.28. The number of nitrogens with zero attached hydrogens (tertiary/aromatic N) is 1. The molecule has 1 aliphatic rings. The molecule has 4 nitrogen and oxygen atoms in total. The zero-order valence-electron chi connectivity index (χ0n) is 13.8. The lowest BCUT2D eigenvalue weighted by Crippen LogP contribution is -2.27. The SMILES string of the molecule is CN(C(=O)c1cccc2c1OCO2)c1ccccc1-c1ccccc1. The van der Waals surface area contributed by atoms with E-state index in [0.29, 0.717) is 17.1 Å². The first-order chi connectivity index (χ1) is 12.3. The van der Waals surface area contributed by atoms with Crippen molar-refractivity contribution < 1.29 is 14.3 Å². The van der Waals surface area contributed by atoms with Crippen LogP contribution >= 0.6 is 0 Å². The molecule has 124 valence electrons. The van der Waals surface area contributed by atoms with E-state index in [1.54, 1.807) is 30.1 Å². The van der Waals surface area contributed by atoms with Gasteiger partial charge in [0.2, 0.25) is 6.79 Å². The van der Waals surface area contributed by atoms with Crippen molar-refractivity contribution in [1.82, 2.24) is 0 Å². The highest BCUT2D eigenvalue weighted by Gasteiger charge is 2.25. The first-order valence-corrected chi connectivity index (χ1v) is 8.07. The number of carbonyl (C=O) groups excluding carboxylic acids is 1. The van der Waals surface area contributed by atoms with E-state index in [9.17, 15) is 4.79 Å². The third kappa shape index (κ3) is 2.72. The average Bonchev–Trinajstić information content (AvgIpc) is 3.16. The number of ether oxygens (including phenoxy) is 2. The molecular formula is C21H17NO3. The maximum absolute atomic E-state index is 13.1. The van der Waals surface area contributed by atoms with Crippen molar-refractivity contribution in [3.63, 3.8) is 0 Å². The fourth-order valence-electron chi connectivity index (χ4n) is 3.02. The Kier molecular flexibility index (Phi) is 3.86. The number of para-hydroxylation sites is 2. The van der Waals surface area contributed by atoms with E-state index in [1.807, 2.05) is 54.6 Å². The molecule has 0 atom stereocenters. The number of benzene rings is 3. The van der Waals surface area contributed by atoms with Crippen LogP contribution in [0.15, 0.2) is 72.8 Å². The molecule has 0 aliphatic carbocycles. The lowest BCUT2D eigenvalue weighted by molar-refractivity contribution is 0.0988. The van der Waals surface area contributed by atoms with Gasteiger partial charge in [-0.2, -0.15) is 0 Å². The first kappa shape index (κ1) is 15.3. The minimum Gasteiger partial charge on any atom is -0.454 e. The summed E-state index contributed by atoms with van der Waals surface area (Å²) in [6.45, 7) is 0.143. The highest BCUT2D eigenvalue weighted by atomic mass is 16.7. The van der Waals surface area contributed by atoms with Crippen LogP contribution in [0.5, 0.6) is 11.5 Å². The Labute approximate surface area is 146 Å². The Morgan fingerprint density at radius 1 is 0.880 bits per heavy atom. The molecule has 0 spiro atoms. The molecule has 4 heteroatoms. The highest BCUT2D eigenvalue weighted by molar-refractivity contribution is 6.09. The molecule has 0 fully saturated rings. The van der Waals surface area contributed by atoms with Crippen molar-refractivity contribution >= 4 is 11.6 Å². The quantitative estimate of drug-likeness (QED) is 0.716. The molecule has 3 aromatic rings. The number of rotatable bonds is 3. The molecule has 25 heavy (non-hydrogen) atoms. The number of fused-ring (bicyclic) bond motifs is 1. The summed E-state index contributed by atoms with van der Waals surface area (Å²) in [5.41, 5.74) is 3.41. The normalized spacial score (nSPS) is 12.0. The zero-order chi connectivity index (χ0) is 17.2. The van der Waals surface area contributed by atoms with Gasteiger partial charge < -0.3 is 14.4 Å². The lowest BCUT2D eigenvalue weighted by Gasteiger charge is -2.21. The third-order valence-corrected chi connectivity index (χ3v) is 4.28. The van der Waals surface area contributed by atoms with E-state index >= 15 is 0 Å². The van der Waals surface area contributed by atoms with Crippen molar-refractivity contribution in [2.45, 2.75) is 0 Å². The van der Waals surface area contributed by atoms with E-state index in [4.69, 9.17) is 9.47 Å². The van der Waals surface area contributed by atoms with Crippen LogP contribution < -0.4 is 14.4 Å². The van der Waals surface area contributed by atoms with Gasteiger partial charge >= 0.3 is 0 Å². The zero-order valence-corrected chi connectivity index (χ0v) is 13.8. The van der Waals surface area contributed by atoms with Crippen LogP contribution in [0.25, 0.3) is 11.1 Å². The summed E-state index contributed by atoms with van der Waals surface area (Å²) in [6.07, 6.45) is 0. The molecule has 0 saturated heterocycles. The summed E-state index contributed by atoms with van der Waals surface area (Å²) in [4.78, 5) is 14.7. The lowest BCUT2D eigenvalue weighted by atomic mass is 10.0. The van der Waals surface area contributed by atoms with Gasteiger partial charge in [0.15, 0.2) is 11.5 Å². The summed E-state index contributed by atoms with van der Waals surface area (Å²) in [5, 5.41) is 0. The number of anilines is 1. The molecule has 0 unspecified atom stereocenters. The molecule has 1 heterocycles. The molecule has 0 radical (unpaired) electrons. The van der Waals surface area contributed by atoms with E-state index in [1.165, 1.54) is 0 Å². The second kappa shape index (κ2) is 6.32. The predicted molar refractivity (Wildman–Crippen MR) is 97.2 cm³/mol. The minimum absolute atomic E-state index is 0.134. The average molecular weight is 331 g/mol. The Bertz CT molecular complexity index is 921. The summed E-state index contributed by atoms with van der Waals surface area (Å²) >= 11 is 0. The van der Waals surface area contributed by atoms with Crippen LogP contribution in [0, 0.1) is 0 Å². The van der Waals surface area contributed by atoms with Crippen molar-refractivity contribution in [3.05, 3.63) is 78.4 Å². The molecular weight excluding hydrogens is 314 g/mol. The monoisotopic (exact) mass is 331 g/mol. The summed E-state index contributed by atoms with van der Waals surface area (Å²) in [6, 6.07) is 23.3. The van der Waals surface area contributed by atoms with Gasteiger partial charge in [-0.25, -0.2) is 0 Å². The number of carbonyl (C=O) groups is 1. The first-order valence-electron chi connectivity index (χ1n) is 8.07. The topological polar surface area (TPSA) is 38.8 Å². The summed E-state index contributed by atoms with van der Waals surface area (Å²) in [5.74, 6) is 0.984. The van der Waals surface area contributed by atoms with Crippen LogP contribution in [0.2, 0.25) is 0 Å². The molecule has 4 rings (SSSR count). The van der Waals surface area contributed by atoms with E-state index in [2.05, 4.69) is 0 Å². The van der Waals surface area contributed by atoms with Crippen LogP contribution in [-0.2, 0) is 0 Å². The maximum atomic E-state index is 13.1. The second-order valence-corrected chi connectivity index (χ2v) is 5.79. The molecule has 0 N–H and O–H groups in total. The minimum atomic E-state index is -0.134. The van der Waals surface area contributed by atoms with Gasteiger partial charge in [0, 0.05) is 12.6 Å². The summed E-state index contributed by atoms with van der Waals surface area (Å²) < 4.78 is 10.9. The fourth-order valence-corrected chi connectivity index (χ4v) is 3.02. The van der Waals surface area contributed by atoms with Crippen molar-refractivity contribution in [2.24, 2.45) is 0 Å². The van der Waals surface area contributed by atoms with Crippen molar-refractivity contribution in [1.29, 1.82) is 0 Å². The van der Waals surface area contributed by atoms with Crippen LogP contribution in [0.1, 0.15) is 10.4 Å². The van der Waals surface area contributed by atoms with E-state index in [-0.39, 0.29) is 12.7 Å². The second-order valence-electron chi connectivity index (χ2n) is 5.79. The molecule has 0 bridgehead atoms. The highest BCUT2D eigenvalue weighted by Crippen LogP contribution is 2.37. The van der Waals surface area contributed by atoms with Gasteiger partial charge in [-0.3, -0.25) is 4.79 Å². The fraction of sp³-hybridized carbons (Fsp3) is 0.0952.